The lowest BCUT2D eigenvalue weighted by Crippen LogP contribution is -2.28. The maximum Gasteiger partial charge on any atom is 0.169 e. The van der Waals surface area contributed by atoms with E-state index in [4.69, 9.17) is 10.2 Å². The molecule has 0 saturated carbocycles. The van der Waals surface area contributed by atoms with Gasteiger partial charge in [0.2, 0.25) is 0 Å². The summed E-state index contributed by atoms with van der Waals surface area (Å²) in [6.07, 6.45) is 0. The molecule has 0 aliphatic heterocycles. The summed E-state index contributed by atoms with van der Waals surface area (Å²) >= 11 is 3.58. The molecule has 0 atom stereocenters. The number of hydrogen-bond donors (Lipinski definition) is 0. The van der Waals surface area contributed by atoms with Gasteiger partial charge in [0.15, 0.2) is 11.5 Å². The molecule has 0 spiro atoms. The van der Waals surface area contributed by atoms with Gasteiger partial charge in [0.1, 0.15) is 0 Å². The van der Waals surface area contributed by atoms with Crippen LogP contribution in [-0.4, -0.2) is 14.6 Å². The zero-order valence-electron chi connectivity index (χ0n) is 26.4. The van der Waals surface area contributed by atoms with Crippen LogP contribution in [-0.2, 0) is 5.41 Å². The maximum absolute atomic E-state index is 4.71. The van der Waals surface area contributed by atoms with Crippen LogP contribution in [0.1, 0.15) is 22.3 Å². The molecular formula is C45H28BrN3. The first-order valence-corrected chi connectivity index (χ1v) is 17.3. The van der Waals surface area contributed by atoms with Crippen LogP contribution in [0, 0.1) is 0 Å². The molecule has 0 fully saturated rings. The Morgan fingerprint density at radius 1 is 0.449 bits per heavy atom. The van der Waals surface area contributed by atoms with E-state index in [9.17, 15) is 0 Å². The Balaban J connectivity index is 1.24. The van der Waals surface area contributed by atoms with Crippen molar-refractivity contribution in [3.05, 3.63) is 197 Å². The van der Waals surface area contributed by atoms with Crippen LogP contribution in [0.25, 0.3) is 61.0 Å². The van der Waals surface area contributed by atoms with Crippen molar-refractivity contribution < 1.29 is 0 Å². The van der Waals surface area contributed by atoms with Crippen molar-refractivity contribution in [3.8, 4) is 33.6 Å². The number of hydrogen-bond acceptors (Lipinski definition) is 2. The molecule has 2 aromatic heterocycles. The molecule has 0 radical (unpaired) electrons. The van der Waals surface area contributed by atoms with Gasteiger partial charge in [0.25, 0.3) is 0 Å². The van der Waals surface area contributed by atoms with Gasteiger partial charge in [0, 0.05) is 20.8 Å². The van der Waals surface area contributed by atoms with Crippen LogP contribution < -0.4 is 0 Å². The highest BCUT2D eigenvalue weighted by Gasteiger charge is 2.46. The number of fused-ring (bicyclic) bond motifs is 9. The normalized spacial score (nSPS) is 13.2. The molecule has 1 aliphatic rings. The van der Waals surface area contributed by atoms with Gasteiger partial charge in [0.05, 0.1) is 10.9 Å². The zero-order chi connectivity index (χ0) is 32.5. The molecule has 0 unspecified atom stereocenters. The van der Waals surface area contributed by atoms with Gasteiger partial charge in [-0.15, -0.1) is 10.2 Å². The fourth-order valence-electron chi connectivity index (χ4n) is 8.14. The molecule has 49 heavy (non-hydrogen) atoms. The van der Waals surface area contributed by atoms with Crippen LogP contribution in [0.4, 0.5) is 0 Å². The number of aromatic nitrogens is 3. The lowest BCUT2D eigenvalue weighted by atomic mass is 9.67. The molecule has 230 valence electrons. The highest BCUT2D eigenvalue weighted by atomic mass is 79.9. The average Bonchev–Trinajstić information content (AvgIpc) is 3.74. The summed E-state index contributed by atoms with van der Waals surface area (Å²) in [5, 5.41) is 12.8. The lowest BCUT2D eigenvalue weighted by Gasteiger charge is -2.34. The van der Waals surface area contributed by atoms with E-state index in [1.54, 1.807) is 0 Å². The van der Waals surface area contributed by atoms with Crippen molar-refractivity contribution in [1.29, 1.82) is 0 Å². The minimum absolute atomic E-state index is 0.442. The number of rotatable bonds is 4. The highest BCUT2D eigenvalue weighted by Crippen LogP contribution is 2.56. The molecule has 0 bridgehead atoms. The Labute approximate surface area is 292 Å². The van der Waals surface area contributed by atoms with Gasteiger partial charge in [-0.1, -0.05) is 155 Å². The summed E-state index contributed by atoms with van der Waals surface area (Å²) in [6.45, 7) is 0. The minimum atomic E-state index is -0.442. The Morgan fingerprint density at radius 3 is 1.80 bits per heavy atom. The van der Waals surface area contributed by atoms with E-state index in [1.807, 2.05) is 0 Å². The Hall–Kier alpha value is -5.84. The smallest absolute Gasteiger partial charge is 0.169 e. The van der Waals surface area contributed by atoms with E-state index < -0.39 is 5.41 Å². The second-order valence-corrected chi connectivity index (χ2v) is 13.7. The molecule has 10 rings (SSSR count). The van der Waals surface area contributed by atoms with Gasteiger partial charge >= 0.3 is 0 Å². The molecule has 9 aromatic rings. The third kappa shape index (κ3) is 4.08. The molecule has 7 aromatic carbocycles. The Kier molecular flexibility index (Phi) is 6.24. The second kappa shape index (κ2) is 10.8. The van der Waals surface area contributed by atoms with Crippen LogP contribution >= 0.6 is 15.9 Å². The first-order valence-electron chi connectivity index (χ1n) is 16.5. The van der Waals surface area contributed by atoms with Crippen LogP contribution in [0.15, 0.2) is 174 Å². The van der Waals surface area contributed by atoms with Crippen LogP contribution in [0.3, 0.4) is 0 Å². The molecule has 0 N–H and O–H groups in total. The Bertz CT molecular complexity index is 2670. The summed E-state index contributed by atoms with van der Waals surface area (Å²) in [6, 6.07) is 61.6. The van der Waals surface area contributed by atoms with Gasteiger partial charge in [-0.05, 0) is 80.2 Å². The van der Waals surface area contributed by atoms with Gasteiger partial charge < -0.3 is 0 Å². The first kappa shape index (κ1) is 28.2. The second-order valence-electron chi connectivity index (χ2n) is 12.8. The summed E-state index contributed by atoms with van der Waals surface area (Å²) in [5.41, 5.74) is 12.6. The number of nitrogens with zero attached hydrogens (tertiary/aromatic N) is 3. The van der Waals surface area contributed by atoms with Gasteiger partial charge in [-0.25, -0.2) is 0 Å². The molecule has 1 aliphatic carbocycles. The standard InChI is InChI=1S/C45H28BrN3/c46-34-23-19-29(20-24-34)43-47-48-44-38-17-8-7-15-35(38)39-27-30(22-26-42(39)49(43)44)31-21-25-37-36-16-9-10-18-40(36)45(41(37)28-31,32-11-3-1-4-12-32)33-13-5-2-6-14-33/h1-28H. The Morgan fingerprint density at radius 2 is 1.04 bits per heavy atom. The fraction of sp³-hybridized carbons (Fsp3) is 0.0222. The average molecular weight is 691 g/mol. The first-order chi connectivity index (χ1) is 24.2. The third-order valence-electron chi connectivity index (χ3n) is 10.3. The van der Waals surface area contributed by atoms with Crippen molar-refractivity contribution in [1.82, 2.24) is 14.6 Å². The molecule has 0 saturated heterocycles. The summed E-state index contributed by atoms with van der Waals surface area (Å²) in [7, 11) is 0. The van der Waals surface area contributed by atoms with Crippen molar-refractivity contribution in [2.75, 3.05) is 0 Å². The van der Waals surface area contributed by atoms with Gasteiger partial charge in [-0.3, -0.25) is 4.40 Å². The molecular weight excluding hydrogens is 662 g/mol. The van der Waals surface area contributed by atoms with E-state index in [0.717, 1.165) is 37.8 Å². The van der Waals surface area contributed by atoms with Crippen molar-refractivity contribution in [2.45, 2.75) is 5.41 Å². The zero-order valence-corrected chi connectivity index (χ0v) is 28.0. The lowest BCUT2D eigenvalue weighted by molar-refractivity contribution is 0.769. The number of pyridine rings is 1. The summed E-state index contributed by atoms with van der Waals surface area (Å²) < 4.78 is 3.24. The van der Waals surface area contributed by atoms with E-state index in [1.165, 1.54) is 49.9 Å². The largest absolute Gasteiger partial charge is 0.274 e. The quantitative estimate of drug-likeness (QED) is 0.172. The minimum Gasteiger partial charge on any atom is -0.274 e. The van der Waals surface area contributed by atoms with Crippen molar-refractivity contribution in [2.24, 2.45) is 0 Å². The van der Waals surface area contributed by atoms with E-state index >= 15 is 0 Å². The van der Waals surface area contributed by atoms with E-state index in [2.05, 4.69) is 190 Å². The van der Waals surface area contributed by atoms with Crippen LogP contribution in [0.2, 0.25) is 0 Å². The van der Waals surface area contributed by atoms with Crippen LogP contribution in [0.5, 0.6) is 0 Å². The van der Waals surface area contributed by atoms with Crippen molar-refractivity contribution >= 4 is 43.3 Å². The summed E-state index contributed by atoms with van der Waals surface area (Å²) in [5.74, 6) is 0.830. The molecule has 3 nitrogen and oxygen atoms in total. The van der Waals surface area contributed by atoms with E-state index in [0.29, 0.717) is 0 Å². The van der Waals surface area contributed by atoms with Crippen molar-refractivity contribution in [3.63, 3.8) is 0 Å². The van der Waals surface area contributed by atoms with E-state index in [-0.39, 0.29) is 0 Å². The fourth-order valence-corrected chi connectivity index (χ4v) is 8.40. The predicted molar refractivity (Wildman–Crippen MR) is 204 cm³/mol. The molecule has 0 amide bonds. The SMILES string of the molecule is Brc1ccc(-c2nnc3c4ccccc4c4cc(-c5ccc6c(c5)C(c5ccccc5)(c5ccccc5)c5ccccc5-6)ccc4n23)cc1. The topological polar surface area (TPSA) is 30.2 Å². The highest BCUT2D eigenvalue weighted by molar-refractivity contribution is 9.10. The third-order valence-corrected chi connectivity index (χ3v) is 10.8. The number of halogens is 1. The molecule has 2 heterocycles. The summed E-state index contributed by atoms with van der Waals surface area (Å²) in [4.78, 5) is 0. The number of benzene rings is 7. The molecule has 4 heteroatoms. The monoisotopic (exact) mass is 689 g/mol. The van der Waals surface area contributed by atoms with Gasteiger partial charge in [-0.2, -0.15) is 0 Å². The predicted octanol–water partition coefficient (Wildman–Crippen LogP) is 11.5. The maximum atomic E-state index is 4.71.